The molecule has 7 heteroatoms. The third-order valence-corrected chi connectivity index (χ3v) is 4.71. The van der Waals surface area contributed by atoms with Crippen molar-refractivity contribution in [3.8, 4) is 5.75 Å². The predicted octanol–water partition coefficient (Wildman–Crippen LogP) is 2.45. The van der Waals surface area contributed by atoms with E-state index in [-0.39, 0.29) is 25.0 Å². The summed E-state index contributed by atoms with van der Waals surface area (Å²) in [6.07, 6.45) is 0. The lowest BCUT2D eigenvalue weighted by Gasteiger charge is -2.16. The first-order chi connectivity index (χ1) is 12.6. The molecule has 1 aromatic heterocycles. The van der Waals surface area contributed by atoms with Gasteiger partial charge in [0.15, 0.2) is 6.61 Å². The summed E-state index contributed by atoms with van der Waals surface area (Å²) in [6, 6.07) is 16.9. The minimum atomic E-state index is -0.337. The summed E-state index contributed by atoms with van der Waals surface area (Å²) in [5, 5.41) is 3.44. The molecule has 1 N–H and O–H groups in total. The molecule has 6 nitrogen and oxygen atoms in total. The summed E-state index contributed by atoms with van der Waals surface area (Å²) in [5.41, 5.74) is 0.930. The van der Waals surface area contributed by atoms with E-state index in [0.717, 1.165) is 15.2 Å². The van der Waals surface area contributed by atoms with Crippen LogP contribution in [0.15, 0.2) is 54.6 Å². The molecule has 0 saturated heterocycles. The number of thiazole rings is 1. The van der Waals surface area contributed by atoms with Crippen LogP contribution in [0.4, 0.5) is 0 Å². The number of hydrogen-bond acceptors (Lipinski definition) is 5. The Morgan fingerprint density at radius 3 is 2.62 bits per heavy atom. The fourth-order valence-electron chi connectivity index (χ4n) is 2.30. The highest BCUT2D eigenvalue weighted by Gasteiger charge is 2.13. The molecule has 0 bridgehead atoms. The highest BCUT2D eigenvalue weighted by atomic mass is 32.1. The number of rotatable bonds is 7. The van der Waals surface area contributed by atoms with Gasteiger partial charge in [-0.15, -0.1) is 11.3 Å². The van der Waals surface area contributed by atoms with Gasteiger partial charge in [-0.2, -0.15) is 0 Å². The standard InChI is InChI=1S/C19H19N3O3S/c1-22(12-18-21-15-9-5-6-10-16(15)26-18)19(24)11-20-17(23)13-25-14-7-3-2-4-8-14/h2-10H,11-13H2,1H3,(H,20,23). The highest BCUT2D eigenvalue weighted by Crippen LogP contribution is 2.22. The Bertz CT molecular complexity index is 862. The quantitative estimate of drug-likeness (QED) is 0.694. The molecule has 0 unspecified atom stereocenters. The van der Waals surface area contributed by atoms with E-state index in [4.69, 9.17) is 4.74 Å². The van der Waals surface area contributed by atoms with Gasteiger partial charge in [0.25, 0.3) is 5.91 Å². The van der Waals surface area contributed by atoms with Crippen LogP contribution in [0.25, 0.3) is 10.2 Å². The smallest absolute Gasteiger partial charge is 0.258 e. The first-order valence-electron chi connectivity index (χ1n) is 8.15. The Labute approximate surface area is 155 Å². The molecule has 134 valence electrons. The van der Waals surface area contributed by atoms with Crippen molar-refractivity contribution in [2.75, 3.05) is 20.2 Å². The molecule has 0 atom stereocenters. The lowest BCUT2D eigenvalue weighted by molar-refractivity contribution is -0.132. The van der Waals surface area contributed by atoms with Gasteiger partial charge in [0.05, 0.1) is 23.3 Å². The maximum Gasteiger partial charge on any atom is 0.258 e. The Balaban J connectivity index is 1.44. The van der Waals surface area contributed by atoms with Crippen LogP contribution < -0.4 is 10.1 Å². The van der Waals surface area contributed by atoms with E-state index < -0.39 is 0 Å². The van der Waals surface area contributed by atoms with Crippen LogP contribution in [0.1, 0.15) is 5.01 Å². The minimum absolute atomic E-state index is 0.0711. The van der Waals surface area contributed by atoms with Gasteiger partial charge in [-0.25, -0.2) is 4.98 Å². The van der Waals surface area contributed by atoms with Gasteiger partial charge in [-0.3, -0.25) is 9.59 Å². The largest absolute Gasteiger partial charge is 0.484 e. The van der Waals surface area contributed by atoms with E-state index in [9.17, 15) is 9.59 Å². The lowest BCUT2D eigenvalue weighted by atomic mass is 10.3. The second-order valence-electron chi connectivity index (χ2n) is 5.70. The Morgan fingerprint density at radius 2 is 1.85 bits per heavy atom. The molecule has 0 aliphatic heterocycles. The molecular formula is C19H19N3O3S. The number of fused-ring (bicyclic) bond motifs is 1. The number of aromatic nitrogens is 1. The van der Waals surface area contributed by atoms with Gasteiger partial charge in [0.2, 0.25) is 5.91 Å². The number of amides is 2. The maximum atomic E-state index is 12.2. The first kappa shape index (κ1) is 17.9. The summed E-state index contributed by atoms with van der Waals surface area (Å²) in [6.45, 7) is 0.214. The normalized spacial score (nSPS) is 10.5. The molecular weight excluding hydrogens is 350 g/mol. The van der Waals surface area contributed by atoms with Gasteiger partial charge in [0, 0.05) is 7.05 Å². The number of carbonyl (C=O) groups is 2. The van der Waals surface area contributed by atoms with Crippen LogP contribution >= 0.6 is 11.3 Å². The number of nitrogens with one attached hydrogen (secondary N) is 1. The van der Waals surface area contributed by atoms with Crippen molar-refractivity contribution in [2.24, 2.45) is 0 Å². The van der Waals surface area contributed by atoms with Crippen molar-refractivity contribution in [2.45, 2.75) is 6.54 Å². The molecule has 0 fully saturated rings. The van der Waals surface area contributed by atoms with Crippen molar-refractivity contribution in [1.82, 2.24) is 15.2 Å². The number of ether oxygens (including phenoxy) is 1. The molecule has 26 heavy (non-hydrogen) atoms. The second kappa shape index (κ2) is 8.44. The number of benzene rings is 2. The van der Waals surface area contributed by atoms with E-state index in [0.29, 0.717) is 12.3 Å². The average molecular weight is 369 g/mol. The Morgan fingerprint density at radius 1 is 1.12 bits per heavy atom. The summed E-state index contributed by atoms with van der Waals surface area (Å²) in [7, 11) is 1.70. The molecule has 0 aliphatic carbocycles. The molecule has 0 radical (unpaired) electrons. The Kier molecular flexibility index (Phi) is 5.80. The maximum absolute atomic E-state index is 12.2. The number of carbonyl (C=O) groups excluding carboxylic acids is 2. The molecule has 0 spiro atoms. The minimum Gasteiger partial charge on any atom is -0.484 e. The lowest BCUT2D eigenvalue weighted by Crippen LogP contribution is -2.39. The Hall–Kier alpha value is -2.93. The first-order valence-corrected chi connectivity index (χ1v) is 8.96. The third-order valence-electron chi connectivity index (χ3n) is 3.69. The number of likely N-dealkylation sites (N-methyl/N-ethyl adjacent to an activating group) is 1. The van der Waals surface area contributed by atoms with E-state index >= 15 is 0 Å². The van der Waals surface area contributed by atoms with Crippen molar-refractivity contribution in [1.29, 1.82) is 0 Å². The molecule has 3 aromatic rings. The van der Waals surface area contributed by atoms with Crippen LogP contribution in [0, 0.1) is 0 Å². The van der Waals surface area contributed by atoms with Gasteiger partial charge >= 0.3 is 0 Å². The van der Waals surface area contributed by atoms with Crippen molar-refractivity contribution < 1.29 is 14.3 Å². The second-order valence-corrected chi connectivity index (χ2v) is 6.82. The van der Waals surface area contributed by atoms with Crippen molar-refractivity contribution in [3.05, 3.63) is 59.6 Å². The fraction of sp³-hybridized carbons (Fsp3) is 0.211. The van der Waals surface area contributed by atoms with Gasteiger partial charge in [-0.1, -0.05) is 30.3 Å². The molecule has 2 amide bonds. The summed E-state index contributed by atoms with van der Waals surface area (Å²) < 4.78 is 6.44. The van der Waals surface area contributed by atoms with Crippen LogP contribution in [0.5, 0.6) is 5.75 Å². The van der Waals surface area contributed by atoms with E-state index in [1.807, 2.05) is 42.5 Å². The highest BCUT2D eigenvalue weighted by molar-refractivity contribution is 7.18. The topological polar surface area (TPSA) is 71.5 Å². The van der Waals surface area contributed by atoms with E-state index in [1.54, 1.807) is 35.4 Å². The summed E-state index contributed by atoms with van der Waals surface area (Å²) in [5.74, 6) is 0.0924. The fourth-order valence-corrected chi connectivity index (χ4v) is 3.33. The van der Waals surface area contributed by atoms with Crippen molar-refractivity contribution in [3.63, 3.8) is 0 Å². The number of para-hydroxylation sites is 2. The average Bonchev–Trinajstić information content (AvgIpc) is 3.07. The number of hydrogen-bond donors (Lipinski definition) is 1. The summed E-state index contributed by atoms with van der Waals surface area (Å²) >= 11 is 1.56. The summed E-state index contributed by atoms with van der Waals surface area (Å²) in [4.78, 5) is 30.1. The molecule has 0 saturated carbocycles. The SMILES string of the molecule is CN(Cc1nc2ccccc2s1)C(=O)CNC(=O)COc1ccccc1. The monoisotopic (exact) mass is 369 g/mol. The van der Waals surface area contributed by atoms with E-state index in [2.05, 4.69) is 10.3 Å². The molecule has 0 aliphatic rings. The third kappa shape index (κ3) is 4.80. The molecule has 2 aromatic carbocycles. The van der Waals surface area contributed by atoms with E-state index in [1.165, 1.54) is 0 Å². The van der Waals surface area contributed by atoms with Gasteiger partial charge in [0.1, 0.15) is 10.8 Å². The van der Waals surface area contributed by atoms with Crippen LogP contribution in [-0.4, -0.2) is 41.9 Å². The zero-order chi connectivity index (χ0) is 18.4. The van der Waals surface area contributed by atoms with Crippen molar-refractivity contribution >= 4 is 33.4 Å². The van der Waals surface area contributed by atoms with Crippen LogP contribution in [0.3, 0.4) is 0 Å². The van der Waals surface area contributed by atoms with Gasteiger partial charge in [-0.05, 0) is 24.3 Å². The zero-order valence-corrected chi connectivity index (χ0v) is 15.2. The number of nitrogens with zero attached hydrogens (tertiary/aromatic N) is 2. The van der Waals surface area contributed by atoms with Crippen LogP contribution in [-0.2, 0) is 16.1 Å². The molecule has 1 heterocycles. The predicted molar refractivity (Wildman–Crippen MR) is 101 cm³/mol. The molecule has 3 rings (SSSR count). The van der Waals surface area contributed by atoms with Gasteiger partial charge < -0.3 is 15.0 Å². The van der Waals surface area contributed by atoms with Crippen LogP contribution in [0.2, 0.25) is 0 Å². The zero-order valence-electron chi connectivity index (χ0n) is 14.3.